The Morgan fingerprint density at radius 1 is 1.25 bits per heavy atom. The highest BCUT2D eigenvalue weighted by atomic mass is 16.4. The number of aliphatic carboxylic acids is 1. The van der Waals surface area contributed by atoms with E-state index in [4.69, 9.17) is 5.11 Å². The molecule has 3 heteroatoms. The lowest BCUT2D eigenvalue weighted by molar-refractivity contribution is -0.138. The van der Waals surface area contributed by atoms with Gasteiger partial charge in [0.1, 0.15) is 0 Å². The van der Waals surface area contributed by atoms with Crippen LogP contribution in [-0.2, 0) is 4.79 Å². The molecular weight excluding hydrogens is 202 g/mol. The second-order valence-electron chi connectivity index (χ2n) is 5.50. The van der Waals surface area contributed by atoms with Crippen molar-refractivity contribution in [3.63, 3.8) is 0 Å². The highest BCUT2D eigenvalue weighted by Crippen LogP contribution is 2.35. The minimum Gasteiger partial charge on any atom is -0.481 e. The fourth-order valence-electron chi connectivity index (χ4n) is 2.37. The monoisotopic (exact) mass is 225 g/mol. The number of rotatable bonds is 8. The molecule has 2 rings (SSSR count). The highest BCUT2D eigenvalue weighted by Gasteiger charge is 2.32. The standard InChI is InChI=1S/C13H23NO2/c1-2-12(7-13(15)16)14(8-10-3-4-10)9-11-5-6-11/h10-12H,2-9H2,1H3,(H,15,16). The van der Waals surface area contributed by atoms with Gasteiger partial charge in [0.25, 0.3) is 0 Å². The zero-order valence-electron chi connectivity index (χ0n) is 10.2. The maximum absolute atomic E-state index is 10.8. The van der Waals surface area contributed by atoms with Gasteiger partial charge in [-0.3, -0.25) is 9.69 Å². The Bertz CT molecular complexity index is 232. The molecule has 0 aromatic rings. The molecule has 16 heavy (non-hydrogen) atoms. The van der Waals surface area contributed by atoms with E-state index in [0.717, 1.165) is 31.3 Å². The van der Waals surface area contributed by atoms with E-state index in [1.54, 1.807) is 0 Å². The molecule has 0 aliphatic heterocycles. The van der Waals surface area contributed by atoms with Gasteiger partial charge in [0.15, 0.2) is 0 Å². The Morgan fingerprint density at radius 3 is 2.06 bits per heavy atom. The lowest BCUT2D eigenvalue weighted by Crippen LogP contribution is -2.39. The van der Waals surface area contributed by atoms with Crippen LogP contribution in [0.1, 0.15) is 45.4 Å². The van der Waals surface area contributed by atoms with Gasteiger partial charge in [0.2, 0.25) is 0 Å². The van der Waals surface area contributed by atoms with Crippen molar-refractivity contribution in [3.8, 4) is 0 Å². The summed E-state index contributed by atoms with van der Waals surface area (Å²) < 4.78 is 0. The van der Waals surface area contributed by atoms with Crippen molar-refractivity contribution in [2.75, 3.05) is 13.1 Å². The zero-order chi connectivity index (χ0) is 11.5. The molecule has 0 amide bonds. The largest absolute Gasteiger partial charge is 0.481 e. The van der Waals surface area contributed by atoms with Crippen molar-refractivity contribution in [2.24, 2.45) is 11.8 Å². The molecule has 92 valence electrons. The van der Waals surface area contributed by atoms with Crippen molar-refractivity contribution in [2.45, 2.75) is 51.5 Å². The number of nitrogens with zero attached hydrogens (tertiary/aromatic N) is 1. The van der Waals surface area contributed by atoms with Gasteiger partial charge in [-0.1, -0.05) is 6.92 Å². The first-order valence-electron chi connectivity index (χ1n) is 6.65. The normalized spacial score (nSPS) is 22.4. The van der Waals surface area contributed by atoms with Crippen LogP contribution >= 0.6 is 0 Å². The molecule has 0 aromatic carbocycles. The summed E-state index contributed by atoms with van der Waals surface area (Å²) in [5.74, 6) is 1.08. The third-order valence-electron chi connectivity index (χ3n) is 3.78. The fraction of sp³-hybridized carbons (Fsp3) is 0.923. The molecule has 3 nitrogen and oxygen atoms in total. The molecule has 2 fully saturated rings. The molecule has 2 aliphatic carbocycles. The van der Waals surface area contributed by atoms with Gasteiger partial charge in [-0.2, -0.15) is 0 Å². The van der Waals surface area contributed by atoms with Crippen molar-refractivity contribution < 1.29 is 9.90 Å². The quantitative estimate of drug-likeness (QED) is 0.689. The van der Waals surface area contributed by atoms with Gasteiger partial charge in [-0.25, -0.2) is 0 Å². The predicted molar refractivity (Wildman–Crippen MR) is 63.4 cm³/mol. The third-order valence-corrected chi connectivity index (χ3v) is 3.78. The third kappa shape index (κ3) is 3.78. The van der Waals surface area contributed by atoms with Crippen LogP contribution in [0.4, 0.5) is 0 Å². The van der Waals surface area contributed by atoms with Gasteiger partial charge >= 0.3 is 5.97 Å². The fourth-order valence-corrected chi connectivity index (χ4v) is 2.37. The van der Waals surface area contributed by atoms with E-state index >= 15 is 0 Å². The van der Waals surface area contributed by atoms with Gasteiger partial charge in [-0.15, -0.1) is 0 Å². The summed E-state index contributed by atoms with van der Waals surface area (Å²) in [6, 6.07) is 0.263. The number of carbonyl (C=O) groups is 1. The van der Waals surface area contributed by atoms with E-state index < -0.39 is 5.97 Å². The first kappa shape index (κ1) is 11.9. The van der Waals surface area contributed by atoms with Crippen LogP contribution in [0.2, 0.25) is 0 Å². The van der Waals surface area contributed by atoms with Crippen LogP contribution in [0.5, 0.6) is 0 Å². The van der Waals surface area contributed by atoms with Crippen molar-refractivity contribution in [3.05, 3.63) is 0 Å². The molecule has 0 saturated heterocycles. The number of carboxylic acids is 1. The summed E-state index contributed by atoms with van der Waals surface area (Å²) in [5.41, 5.74) is 0. The summed E-state index contributed by atoms with van der Waals surface area (Å²) >= 11 is 0. The first-order chi connectivity index (χ1) is 7.69. The van der Waals surface area contributed by atoms with Gasteiger partial charge in [0.05, 0.1) is 6.42 Å². The predicted octanol–water partition coefficient (Wildman–Crippen LogP) is 2.36. The Hall–Kier alpha value is -0.570. The van der Waals surface area contributed by atoms with Crippen molar-refractivity contribution in [1.29, 1.82) is 0 Å². The lowest BCUT2D eigenvalue weighted by atomic mass is 10.1. The number of carboxylic acid groups (broad SMARTS) is 1. The number of hydrogen-bond donors (Lipinski definition) is 1. The van der Waals surface area contributed by atoms with Gasteiger partial charge in [0, 0.05) is 19.1 Å². The highest BCUT2D eigenvalue weighted by molar-refractivity contribution is 5.67. The Balaban J connectivity index is 1.86. The van der Waals surface area contributed by atoms with Crippen LogP contribution in [0.25, 0.3) is 0 Å². The summed E-state index contributed by atoms with van der Waals surface area (Å²) in [4.78, 5) is 13.3. The molecule has 0 heterocycles. The SMILES string of the molecule is CCC(CC(=O)O)N(CC1CC1)CC1CC1. The Kier molecular flexibility index (Phi) is 3.85. The van der Waals surface area contributed by atoms with E-state index in [0.29, 0.717) is 6.42 Å². The molecule has 2 saturated carbocycles. The minimum atomic E-state index is -0.650. The maximum atomic E-state index is 10.8. The van der Waals surface area contributed by atoms with Crippen LogP contribution in [0.15, 0.2) is 0 Å². The average molecular weight is 225 g/mol. The van der Waals surface area contributed by atoms with Gasteiger partial charge in [-0.05, 0) is 43.9 Å². The molecule has 2 aliphatic rings. The van der Waals surface area contributed by atoms with Crippen LogP contribution in [0.3, 0.4) is 0 Å². The lowest BCUT2D eigenvalue weighted by Gasteiger charge is -2.30. The summed E-state index contributed by atoms with van der Waals surface area (Å²) in [6.07, 6.45) is 6.69. The second kappa shape index (κ2) is 5.17. The van der Waals surface area contributed by atoms with E-state index in [9.17, 15) is 4.79 Å². The van der Waals surface area contributed by atoms with Crippen LogP contribution in [0, 0.1) is 11.8 Å². The number of hydrogen-bond acceptors (Lipinski definition) is 2. The van der Waals surface area contributed by atoms with Crippen molar-refractivity contribution in [1.82, 2.24) is 4.90 Å². The minimum absolute atomic E-state index is 0.263. The van der Waals surface area contributed by atoms with E-state index in [1.807, 2.05) is 0 Å². The van der Waals surface area contributed by atoms with E-state index in [-0.39, 0.29) is 6.04 Å². The second-order valence-corrected chi connectivity index (χ2v) is 5.50. The Labute approximate surface area is 97.8 Å². The molecule has 0 aromatic heterocycles. The average Bonchev–Trinajstić information content (AvgIpc) is 3.06. The Morgan fingerprint density at radius 2 is 1.75 bits per heavy atom. The summed E-state index contributed by atoms with van der Waals surface area (Å²) in [5, 5.41) is 8.94. The molecule has 1 unspecified atom stereocenters. The topological polar surface area (TPSA) is 40.5 Å². The summed E-state index contributed by atoms with van der Waals surface area (Å²) in [7, 11) is 0. The summed E-state index contributed by atoms with van der Waals surface area (Å²) in [6.45, 7) is 4.39. The molecule has 0 radical (unpaired) electrons. The van der Waals surface area contributed by atoms with Gasteiger partial charge < -0.3 is 5.11 Å². The van der Waals surface area contributed by atoms with E-state index in [2.05, 4.69) is 11.8 Å². The molecule has 1 atom stereocenters. The van der Waals surface area contributed by atoms with Crippen molar-refractivity contribution >= 4 is 5.97 Å². The van der Waals surface area contributed by atoms with E-state index in [1.165, 1.54) is 25.7 Å². The first-order valence-corrected chi connectivity index (χ1v) is 6.65. The molecule has 0 bridgehead atoms. The van der Waals surface area contributed by atoms with Crippen LogP contribution < -0.4 is 0 Å². The smallest absolute Gasteiger partial charge is 0.304 e. The maximum Gasteiger partial charge on any atom is 0.304 e. The molecule has 0 spiro atoms. The molecule has 1 N–H and O–H groups in total. The zero-order valence-corrected chi connectivity index (χ0v) is 10.2. The molecular formula is C13H23NO2. The van der Waals surface area contributed by atoms with Crippen LogP contribution in [-0.4, -0.2) is 35.1 Å².